The molecule has 1 fully saturated rings. The molecular weight excluding hydrogens is 216 g/mol. The van der Waals surface area contributed by atoms with Crippen molar-refractivity contribution in [2.45, 2.75) is 25.8 Å². The second-order valence-electron chi connectivity index (χ2n) is 5.27. The molecule has 5 nitrogen and oxygen atoms in total. The Morgan fingerprint density at radius 3 is 2.35 bits per heavy atom. The predicted molar refractivity (Wildman–Crippen MR) is 69.8 cm³/mol. The summed E-state index contributed by atoms with van der Waals surface area (Å²) in [6.45, 7) is 10.1. The molecule has 1 amide bonds. The Hall–Kier alpha value is -0.650. The summed E-state index contributed by atoms with van der Waals surface area (Å²) in [6.07, 6.45) is 0.594. The summed E-state index contributed by atoms with van der Waals surface area (Å²) < 4.78 is 0. The molecule has 5 heteroatoms. The average Bonchev–Trinajstić information content (AvgIpc) is 2.36. The minimum absolute atomic E-state index is 0.0902. The van der Waals surface area contributed by atoms with Crippen LogP contribution in [0.4, 0.5) is 0 Å². The number of rotatable bonds is 5. The highest BCUT2D eigenvalue weighted by molar-refractivity contribution is 5.75. The van der Waals surface area contributed by atoms with E-state index in [1.165, 1.54) is 0 Å². The first-order chi connectivity index (χ1) is 7.99. The quantitative estimate of drug-likeness (QED) is 0.681. The predicted octanol–water partition coefficient (Wildman–Crippen LogP) is -0.523. The lowest BCUT2D eigenvalue weighted by Gasteiger charge is -2.43. The number of hydrogen-bond acceptors (Lipinski definition) is 4. The lowest BCUT2D eigenvalue weighted by molar-refractivity contribution is -0.121. The van der Waals surface area contributed by atoms with Gasteiger partial charge in [0.1, 0.15) is 0 Å². The van der Waals surface area contributed by atoms with Crippen LogP contribution in [0.5, 0.6) is 0 Å². The molecule has 1 heterocycles. The SMILES string of the molecule is CNC(=O)CCN1CCN(C(C)(C)CN)CC1. The molecule has 1 rings (SSSR count). The molecular formula is C12H26N4O. The molecule has 0 bridgehead atoms. The molecule has 1 aliphatic rings. The number of carbonyl (C=O) groups is 1. The smallest absolute Gasteiger partial charge is 0.221 e. The van der Waals surface area contributed by atoms with E-state index >= 15 is 0 Å². The van der Waals surface area contributed by atoms with Gasteiger partial charge in [-0.25, -0.2) is 0 Å². The highest BCUT2D eigenvalue weighted by Gasteiger charge is 2.28. The molecule has 0 aliphatic carbocycles. The first-order valence-electron chi connectivity index (χ1n) is 6.37. The third-order valence-corrected chi connectivity index (χ3v) is 3.66. The van der Waals surface area contributed by atoms with Gasteiger partial charge >= 0.3 is 0 Å². The molecule has 0 aromatic carbocycles. The van der Waals surface area contributed by atoms with Crippen LogP contribution >= 0.6 is 0 Å². The van der Waals surface area contributed by atoms with Gasteiger partial charge in [-0.1, -0.05) is 0 Å². The number of hydrogen-bond donors (Lipinski definition) is 2. The van der Waals surface area contributed by atoms with Gasteiger partial charge in [0.15, 0.2) is 0 Å². The number of carbonyl (C=O) groups excluding carboxylic acids is 1. The number of nitrogens with two attached hydrogens (primary N) is 1. The summed E-state index contributed by atoms with van der Waals surface area (Å²) >= 11 is 0. The van der Waals surface area contributed by atoms with Crippen LogP contribution in [0.3, 0.4) is 0 Å². The Labute approximate surface area is 104 Å². The molecule has 3 N–H and O–H groups in total. The van der Waals surface area contributed by atoms with Crippen molar-refractivity contribution >= 4 is 5.91 Å². The van der Waals surface area contributed by atoms with E-state index < -0.39 is 0 Å². The summed E-state index contributed by atoms with van der Waals surface area (Å²) in [5, 5.41) is 2.65. The largest absolute Gasteiger partial charge is 0.359 e. The highest BCUT2D eigenvalue weighted by Crippen LogP contribution is 2.15. The van der Waals surface area contributed by atoms with E-state index in [4.69, 9.17) is 5.73 Å². The maximum Gasteiger partial charge on any atom is 0.221 e. The van der Waals surface area contributed by atoms with E-state index in [0.717, 1.165) is 32.7 Å². The van der Waals surface area contributed by atoms with Crippen LogP contribution in [0.2, 0.25) is 0 Å². The number of nitrogens with zero attached hydrogens (tertiary/aromatic N) is 2. The Morgan fingerprint density at radius 1 is 1.29 bits per heavy atom. The number of piperazine rings is 1. The fourth-order valence-corrected chi connectivity index (χ4v) is 2.09. The number of amides is 1. The summed E-state index contributed by atoms with van der Waals surface area (Å²) in [4.78, 5) is 15.9. The molecule has 0 radical (unpaired) electrons. The minimum atomic E-state index is 0.0902. The van der Waals surface area contributed by atoms with Gasteiger partial charge in [-0.2, -0.15) is 0 Å². The maximum atomic E-state index is 11.2. The second-order valence-corrected chi connectivity index (χ2v) is 5.27. The minimum Gasteiger partial charge on any atom is -0.359 e. The standard InChI is InChI=1S/C12H26N4O/c1-12(2,10-13)16-8-6-15(7-9-16)5-4-11(17)14-3/h4-10,13H2,1-3H3,(H,14,17). The zero-order valence-electron chi connectivity index (χ0n) is 11.3. The van der Waals surface area contributed by atoms with E-state index in [1.54, 1.807) is 7.05 Å². The zero-order valence-corrected chi connectivity index (χ0v) is 11.3. The fraction of sp³-hybridized carbons (Fsp3) is 0.917. The van der Waals surface area contributed by atoms with Crippen molar-refractivity contribution in [1.82, 2.24) is 15.1 Å². The van der Waals surface area contributed by atoms with E-state index in [-0.39, 0.29) is 11.4 Å². The summed E-state index contributed by atoms with van der Waals surface area (Å²) in [7, 11) is 1.68. The van der Waals surface area contributed by atoms with Crippen LogP contribution in [0.1, 0.15) is 20.3 Å². The van der Waals surface area contributed by atoms with Gasteiger partial charge in [0.25, 0.3) is 0 Å². The molecule has 1 saturated heterocycles. The van der Waals surface area contributed by atoms with Gasteiger partial charge < -0.3 is 16.0 Å². The zero-order chi connectivity index (χ0) is 12.9. The van der Waals surface area contributed by atoms with E-state index in [9.17, 15) is 4.79 Å². The Morgan fingerprint density at radius 2 is 1.88 bits per heavy atom. The monoisotopic (exact) mass is 242 g/mol. The lowest BCUT2D eigenvalue weighted by Crippen LogP contribution is -2.57. The van der Waals surface area contributed by atoms with Crippen molar-refractivity contribution in [3.05, 3.63) is 0 Å². The third kappa shape index (κ3) is 4.26. The van der Waals surface area contributed by atoms with Crippen LogP contribution in [0.25, 0.3) is 0 Å². The van der Waals surface area contributed by atoms with Gasteiger partial charge in [0, 0.05) is 58.3 Å². The van der Waals surface area contributed by atoms with E-state index in [1.807, 2.05) is 0 Å². The van der Waals surface area contributed by atoms with Crippen LogP contribution in [0, 0.1) is 0 Å². The first-order valence-corrected chi connectivity index (χ1v) is 6.37. The molecule has 0 saturated carbocycles. The topological polar surface area (TPSA) is 61.6 Å². The normalized spacial score (nSPS) is 19.3. The number of nitrogens with one attached hydrogen (secondary N) is 1. The van der Waals surface area contributed by atoms with Crippen LogP contribution in [-0.2, 0) is 4.79 Å². The highest BCUT2D eigenvalue weighted by atomic mass is 16.1. The molecule has 0 unspecified atom stereocenters. The Balaban J connectivity index is 2.29. The molecule has 1 aliphatic heterocycles. The summed E-state index contributed by atoms with van der Waals surface area (Å²) in [5.41, 5.74) is 5.87. The Kier molecular flexibility index (Phi) is 5.36. The lowest BCUT2D eigenvalue weighted by atomic mass is 10.0. The van der Waals surface area contributed by atoms with Crippen molar-refractivity contribution in [2.24, 2.45) is 5.73 Å². The van der Waals surface area contributed by atoms with Gasteiger partial charge in [-0.3, -0.25) is 9.69 Å². The molecule has 0 aromatic rings. The second kappa shape index (κ2) is 6.33. The molecule has 0 spiro atoms. The van der Waals surface area contributed by atoms with Gasteiger partial charge in [0.2, 0.25) is 5.91 Å². The maximum absolute atomic E-state index is 11.2. The molecule has 0 atom stereocenters. The third-order valence-electron chi connectivity index (χ3n) is 3.66. The van der Waals surface area contributed by atoms with Gasteiger partial charge in [-0.15, -0.1) is 0 Å². The summed E-state index contributed by atoms with van der Waals surface area (Å²) in [5.74, 6) is 0.120. The van der Waals surface area contributed by atoms with Crippen molar-refractivity contribution in [3.63, 3.8) is 0 Å². The van der Waals surface area contributed by atoms with Crippen molar-refractivity contribution in [3.8, 4) is 0 Å². The average molecular weight is 242 g/mol. The van der Waals surface area contributed by atoms with Crippen LogP contribution in [-0.4, -0.2) is 67.6 Å². The van der Waals surface area contributed by atoms with Gasteiger partial charge in [0.05, 0.1) is 0 Å². The van der Waals surface area contributed by atoms with Crippen LogP contribution in [0.15, 0.2) is 0 Å². The van der Waals surface area contributed by atoms with E-state index in [2.05, 4.69) is 29.0 Å². The summed E-state index contributed by atoms with van der Waals surface area (Å²) in [6, 6.07) is 0. The fourth-order valence-electron chi connectivity index (χ4n) is 2.09. The van der Waals surface area contributed by atoms with Crippen molar-refractivity contribution in [2.75, 3.05) is 46.3 Å². The van der Waals surface area contributed by atoms with Gasteiger partial charge in [-0.05, 0) is 13.8 Å². The van der Waals surface area contributed by atoms with E-state index in [0.29, 0.717) is 13.0 Å². The van der Waals surface area contributed by atoms with Crippen molar-refractivity contribution < 1.29 is 4.79 Å². The molecule has 0 aromatic heterocycles. The van der Waals surface area contributed by atoms with Crippen LogP contribution < -0.4 is 11.1 Å². The molecule has 17 heavy (non-hydrogen) atoms. The molecule has 100 valence electrons. The Bertz CT molecular complexity index is 247. The van der Waals surface area contributed by atoms with Crippen molar-refractivity contribution in [1.29, 1.82) is 0 Å². The first kappa shape index (κ1) is 14.4.